The molecule has 6 nitrogen and oxygen atoms in total. The zero-order valence-electron chi connectivity index (χ0n) is 14.5. The molecule has 0 saturated carbocycles. The molecule has 0 radical (unpaired) electrons. The van der Waals surface area contributed by atoms with Gasteiger partial charge in [0, 0.05) is 17.9 Å². The molecule has 0 bridgehead atoms. The zero-order valence-corrected chi connectivity index (χ0v) is 14.5. The first-order chi connectivity index (χ1) is 11.9. The summed E-state index contributed by atoms with van der Waals surface area (Å²) in [6.45, 7) is 5.77. The lowest BCUT2D eigenvalue weighted by Crippen LogP contribution is -2.24. The molecule has 9 heteroatoms. The molecule has 0 spiro atoms. The topological polar surface area (TPSA) is 90.4 Å². The molecular weight excluding hydrogens is 351 g/mol. The summed E-state index contributed by atoms with van der Waals surface area (Å²) in [4.78, 5) is 11.7. The minimum atomic E-state index is -4.78. The summed E-state index contributed by atoms with van der Waals surface area (Å²) in [5.41, 5.74) is 6.77. The summed E-state index contributed by atoms with van der Waals surface area (Å²) in [6, 6.07) is 5.56. The Kier molecular flexibility index (Phi) is 5.20. The van der Waals surface area contributed by atoms with Crippen LogP contribution in [0.5, 0.6) is 5.75 Å². The largest absolute Gasteiger partial charge is 0.573 e. The van der Waals surface area contributed by atoms with Crippen molar-refractivity contribution in [1.29, 1.82) is 0 Å². The third kappa shape index (κ3) is 4.90. The molecular formula is C17H20F3N3O3. The van der Waals surface area contributed by atoms with E-state index < -0.39 is 18.4 Å². The summed E-state index contributed by atoms with van der Waals surface area (Å²) in [5.74, 6) is -1.31. The maximum Gasteiger partial charge on any atom is 0.573 e. The van der Waals surface area contributed by atoms with Gasteiger partial charge in [-0.2, -0.15) is 5.10 Å². The Bertz CT molecular complexity index is 777. The first-order valence-corrected chi connectivity index (χ1v) is 7.80. The molecule has 1 heterocycles. The molecule has 3 N–H and O–H groups in total. The second-order valence-electron chi connectivity index (χ2n) is 6.90. The lowest BCUT2D eigenvalue weighted by molar-refractivity contribution is -0.274. The Hall–Kier alpha value is -2.71. The standard InChI is InChI=1S/C17H20F3N3O3/c1-16(2,3)13-9-14(21)23(22-13)12(15(24)25)8-10-4-6-11(7-5-10)26-17(18,19)20/h4-7,9,12H,8,21H2,1-3H3,(H,24,25). The molecule has 0 fully saturated rings. The zero-order chi connectivity index (χ0) is 19.7. The third-order valence-corrected chi connectivity index (χ3v) is 3.70. The van der Waals surface area contributed by atoms with Gasteiger partial charge in [-0.1, -0.05) is 32.9 Å². The number of benzene rings is 1. The SMILES string of the molecule is CC(C)(C)c1cc(N)n(C(Cc2ccc(OC(F)(F)F)cc2)C(=O)O)n1. The fourth-order valence-electron chi connectivity index (χ4n) is 2.35. The second kappa shape index (κ2) is 6.89. The van der Waals surface area contributed by atoms with E-state index in [1.54, 1.807) is 6.07 Å². The lowest BCUT2D eigenvalue weighted by Gasteiger charge is -2.17. The van der Waals surface area contributed by atoms with Crippen LogP contribution in [0.15, 0.2) is 30.3 Å². The highest BCUT2D eigenvalue weighted by atomic mass is 19.4. The van der Waals surface area contributed by atoms with Gasteiger partial charge >= 0.3 is 12.3 Å². The van der Waals surface area contributed by atoms with E-state index >= 15 is 0 Å². The third-order valence-electron chi connectivity index (χ3n) is 3.70. The molecule has 0 aliphatic carbocycles. The molecule has 1 unspecified atom stereocenters. The summed E-state index contributed by atoms with van der Waals surface area (Å²) >= 11 is 0. The number of carbonyl (C=O) groups is 1. The first-order valence-electron chi connectivity index (χ1n) is 7.80. The van der Waals surface area contributed by atoms with Crippen molar-refractivity contribution < 1.29 is 27.8 Å². The first kappa shape index (κ1) is 19.6. The average molecular weight is 371 g/mol. The summed E-state index contributed by atoms with van der Waals surface area (Å²) < 4.78 is 41.6. The average Bonchev–Trinajstić information content (AvgIpc) is 2.86. The number of hydrogen-bond acceptors (Lipinski definition) is 4. The van der Waals surface area contributed by atoms with Gasteiger partial charge in [0.25, 0.3) is 0 Å². The van der Waals surface area contributed by atoms with Crippen molar-refractivity contribution >= 4 is 11.8 Å². The molecule has 2 rings (SSSR count). The highest BCUT2D eigenvalue weighted by molar-refractivity contribution is 5.73. The van der Waals surface area contributed by atoms with Crippen LogP contribution in [-0.4, -0.2) is 27.2 Å². The monoisotopic (exact) mass is 371 g/mol. The van der Waals surface area contributed by atoms with Gasteiger partial charge in [0.1, 0.15) is 11.6 Å². The molecule has 142 valence electrons. The van der Waals surface area contributed by atoms with E-state index in [0.29, 0.717) is 11.3 Å². The number of nitrogens with two attached hydrogens (primary N) is 1. The number of nitrogens with zero attached hydrogens (tertiary/aromatic N) is 2. The van der Waals surface area contributed by atoms with E-state index in [9.17, 15) is 23.1 Å². The number of nitrogen functional groups attached to an aromatic ring is 1. The number of anilines is 1. The van der Waals surface area contributed by atoms with Crippen LogP contribution < -0.4 is 10.5 Å². The van der Waals surface area contributed by atoms with Crippen LogP contribution in [-0.2, 0) is 16.6 Å². The van der Waals surface area contributed by atoms with E-state index in [1.165, 1.54) is 16.8 Å². The van der Waals surface area contributed by atoms with Gasteiger partial charge in [0.2, 0.25) is 0 Å². The Morgan fingerprint density at radius 1 is 1.27 bits per heavy atom. The summed E-state index contributed by atoms with van der Waals surface area (Å²) in [5, 5.41) is 13.8. The van der Waals surface area contributed by atoms with Crippen LogP contribution in [0.2, 0.25) is 0 Å². The highest BCUT2D eigenvalue weighted by Gasteiger charge is 2.31. The molecule has 1 aromatic carbocycles. The van der Waals surface area contributed by atoms with Gasteiger partial charge in [-0.15, -0.1) is 13.2 Å². The quantitative estimate of drug-likeness (QED) is 0.839. The van der Waals surface area contributed by atoms with Crippen LogP contribution in [0.25, 0.3) is 0 Å². The van der Waals surface area contributed by atoms with Crippen molar-refractivity contribution in [3.63, 3.8) is 0 Å². The molecule has 0 aliphatic rings. The number of aliphatic carboxylic acids is 1. The molecule has 1 aromatic heterocycles. The number of alkyl halides is 3. The predicted molar refractivity (Wildman–Crippen MR) is 88.8 cm³/mol. The van der Waals surface area contributed by atoms with Gasteiger partial charge in [-0.3, -0.25) is 0 Å². The van der Waals surface area contributed by atoms with Crippen molar-refractivity contribution in [2.75, 3.05) is 5.73 Å². The molecule has 0 amide bonds. The fourth-order valence-corrected chi connectivity index (χ4v) is 2.35. The highest BCUT2D eigenvalue weighted by Crippen LogP contribution is 2.27. The Labute approximate surface area is 148 Å². The number of rotatable bonds is 5. The predicted octanol–water partition coefficient (Wildman–Crippen LogP) is 3.53. The lowest BCUT2D eigenvalue weighted by atomic mass is 9.92. The van der Waals surface area contributed by atoms with E-state index in [0.717, 1.165) is 12.1 Å². The molecule has 1 atom stereocenters. The van der Waals surface area contributed by atoms with Crippen molar-refractivity contribution in [3.8, 4) is 5.75 Å². The summed E-state index contributed by atoms with van der Waals surface area (Å²) in [6.07, 6.45) is -4.77. The van der Waals surface area contributed by atoms with Gasteiger partial charge in [-0.05, 0) is 17.7 Å². The maximum absolute atomic E-state index is 12.2. The van der Waals surface area contributed by atoms with Gasteiger partial charge in [-0.25, -0.2) is 9.48 Å². The van der Waals surface area contributed by atoms with E-state index in [2.05, 4.69) is 9.84 Å². The Balaban J connectivity index is 2.24. The number of ether oxygens (including phenoxy) is 1. The van der Waals surface area contributed by atoms with Crippen LogP contribution >= 0.6 is 0 Å². The van der Waals surface area contributed by atoms with Gasteiger partial charge in [0.15, 0.2) is 6.04 Å². The second-order valence-corrected chi connectivity index (χ2v) is 6.90. The fraction of sp³-hybridized carbons (Fsp3) is 0.412. The van der Waals surface area contributed by atoms with Crippen molar-refractivity contribution in [3.05, 3.63) is 41.6 Å². The summed E-state index contributed by atoms with van der Waals surface area (Å²) in [7, 11) is 0. The van der Waals surface area contributed by atoms with Crippen LogP contribution in [0.3, 0.4) is 0 Å². The molecule has 2 aromatic rings. The number of aromatic nitrogens is 2. The number of halogens is 3. The van der Waals surface area contributed by atoms with Crippen molar-refractivity contribution in [2.24, 2.45) is 0 Å². The van der Waals surface area contributed by atoms with Crippen molar-refractivity contribution in [1.82, 2.24) is 9.78 Å². The van der Waals surface area contributed by atoms with Gasteiger partial charge in [0.05, 0.1) is 5.69 Å². The Morgan fingerprint density at radius 2 is 1.85 bits per heavy atom. The smallest absolute Gasteiger partial charge is 0.480 e. The molecule has 0 saturated heterocycles. The normalized spacial score (nSPS) is 13.5. The van der Waals surface area contributed by atoms with Gasteiger partial charge < -0.3 is 15.6 Å². The minimum absolute atomic E-state index is 0.0110. The van der Waals surface area contributed by atoms with E-state index in [4.69, 9.17) is 5.73 Å². The number of carboxylic acids is 1. The molecule has 26 heavy (non-hydrogen) atoms. The Morgan fingerprint density at radius 3 is 2.27 bits per heavy atom. The van der Waals surface area contributed by atoms with Crippen LogP contribution in [0, 0.1) is 0 Å². The van der Waals surface area contributed by atoms with Crippen LogP contribution in [0.4, 0.5) is 19.0 Å². The van der Waals surface area contributed by atoms with E-state index in [1.807, 2.05) is 20.8 Å². The van der Waals surface area contributed by atoms with Crippen LogP contribution in [0.1, 0.15) is 38.1 Å². The van der Waals surface area contributed by atoms with Crippen molar-refractivity contribution in [2.45, 2.75) is 45.0 Å². The number of carboxylic acid groups (broad SMARTS) is 1. The number of hydrogen-bond donors (Lipinski definition) is 2. The van der Waals surface area contributed by atoms with E-state index in [-0.39, 0.29) is 23.4 Å². The molecule has 0 aliphatic heterocycles. The minimum Gasteiger partial charge on any atom is -0.480 e. The maximum atomic E-state index is 12.2.